The molecule has 1 aliphatic rings. The van der Waals surface area contributed by atoms with Crippen LogP contribution in [0.5, 0.6) is 0 Å². The van der Waals surface area contributed by atoms with Crippen molar-refractivity contribution in [1.29, 1.82) is 0 Å². The van der Waals surface area contributed by atoms with Gasteiger partial charge in [-0.05, 0) is 25.0 Å². The van der Waals surface area contributed by atoms with E-state index in [0.29, 0.717) is 31.0 Å². The molecule has 1 fully saturated rings. The van der Waals surface area contributed by atoms with E-state index in [4.69, 9.17) is 0 Å². The van der Waals surface area contributed by atoms with E-state index in [1.54, 1.807) is 0 Å². The quantitative estimate of drug-likeness (QED) is 0.736. The third-order valence-corrected chi connectivity index (χ3v) is 5.32. The summed E-state index contributed by atoms with van der Waals surface area (Å²) in [6.07, 6.45) is 0. The monoisotopic (exact) mass is 366 g/mol. The molecule has 0 radical (unpaired) electrons. The Morgan fingerprint density at radius 3 is 2.78 bits per heavy atom. The molecule has 0 aliphatic carbocycles. The topological polar surface area (TPSA) is 90.7 Å². The summed E-state index contributed by atoms with van der Waals surface area (Å²) in [5, 5.41) is 12.7. The Labute approximate surface area is 156 Å². The maximum absolute atomic E-state index is 12.3. The number of hydrogen-bond donors (Lipinski definition) is 2. The van der Waals surface area contributed by atoms with Gasteiger partial charge in [-0.3, -0.25) is 19.6 Å². The molecule has 3 aromatic rings. The maximum Gasteiger partial charge on any atom is 0.308 e. The lowest BCUT2D eigenvalue weighted by molar-refractivity contribution is -0.141. The molecule has 4 rings (SSSR count). The van der Waals surface area contributed by atoms with Crippen molar-refractivity contribution in [2.45, 2.75) is 26.3 Å². The van der Waals surface area contributed by atoms with Gasteiger partial charge in [0, 0.05) is 43.4 Å². The molecule has 140 valence electrons. The van der Waals surface area contributed by atoms with Crippen molar-refractivity contribution >= 4 is 11.6 Å². The number of benzene rings is 1. The number of aromatic amines is 1. The van der Waals surface area contributed by atoms with Crippen molar-refractivity contribution in [1.82, 2.24) is 19.5 Å². The fourth-order valence-corrected chi connectivity index (χ4v) is 4.05. The predicted octanol–water partition coefficient (Wildman–Crippen LogP) is 1.94. The van der Waals surface area contributed by atoms with Gasteiger partial charge in [-0.15, -0.1) is 0 Å². The molecule has 1 aliphatic heterocycles. The van der Waals surface area contributed by atoms with Gasteiger partial charge >= 0.3 is 5.97 Å². The summed E-state index contributed by atoms with van der Waals surface area (Å²) in [7, 11) is 0. The predicted molar refractivity (Wildman–Crippen MR) is 101 cm³/mol. The van der Waals surface area contributed by atoms with Crippen LogP contribution in [-0.2, 0) is 11.3 Å². The average Bonchev–Trinajstić information content (AvgIpc) is 3.19. The van der Waals surface area contributed by atoms with Gasteiger partial charge in [-0.1, -0.05) is 24.3 Å². The molecule has 7 nitrogen and oxygen atoms in total. The molecule has 2 N–H and O–H groups in total. The van der Waals surface area contributed by atoms with Gasteiger partial charge in [0.05, 0.1) is 11.6 Å². The van der Waals surface area contributed by atoms with Gasteiger partial charge < -0.3 is 5.11 Å². The average molecular weight is 366 g/mol. The fraction of sp³-hybridized carbons (Fsp3) is 0.350. The van der Waals surface area contributed by atoms with Crippen molar-refractivity contribution in [2.75, 3.05) is 13.1 Å². The highest BCUT2D eigenvalue weighted by Gasteiger charge is 2.39. The lowest BCUT2D eigenvalue weighted by Gasteiger charge is -2.17. The number of carbonyl (C=O) groups is 1. The van der Waals surface area contributed by atoms with Crippen molar-refractivity contribution in [3.8, 4) is 0 Å². The molecule has 0 spiro atoms. The van der Waals surface area contributed by atoms with E-state index >= 15 is 0 Å². The minimum Gasteiger partial charge on any atom is -0.481 e. The number of likely N-dealkylation sites (tertiary alicyclic amines) is 1. The Hall–Kier alpha value is -2.93. The number of rotatable bonds is 4. The Balaban J connectivity index is 1.61. The fourth-order valence-electron chi connectivity index (χ4n) is 4.05. The molecule has 0 saturated carbocycles. The Morgan fingerprint density at radius 2 is 2.04 bits per heavy atom. The summed E-state index contributed by atoms with van der Waals surface area (Å²) >= 11 is 0. The van der Waals surface area contributed by atoms with E-state index in [0.717, 1.165) is 16.8 Å². The van der Waals surface area contributed by atoms with Gasteiger partial charge in [0.2, 0.25) is 0 Å². The molecule has 0 bridgehead atoms. The highest BCUT2D eigenvalue weighted by atomic mass is 16.4. The van der Waals surface area contributed by atoms with Crippen LogP contribution in [0.1, 0.15) is 28.4 Å². The van der Waals surface area contributed by atoms with Crippen LogP contribution in [0.4, 0.5) is 0 Å². The van der Waals surface area contributed by atoms with Crippen molar-refractivity contribution in [2.24, 2.45) is 5.92 Å². The standard InChI is InChI=1S/C20H22N4O3/c1-12-5-3-4-6-15(12)16-10-23(11-17(16)20(26)27)9-14-8-19(25)24-18(21-14)7-13(2)22-24/h3-8,16-17,22H,9-11H2,1-2H3,(H,26,27)/t16-,17+/m0/s1. The van der Waals surface area contributed by atoms with Crippen LogP contribution in [-0.4, -0.2) is 43.7 Å². The van der Waals surface area contributed by atoms with Crippen molar-refractivity contribution < 1.29 is 9.90 Å². The highest BCUT2D eigenvalue weighted by molar-refractivity contribution is 5.72. The minimum atomic E-state index is -0.782. The second kappa shape index (κ2) is 6.66. The summed E-state index contributed by atoms with van der Waals surface area (Å²) in [5.74, 6) is -1.32. The third-order valence-electron chi connectivity index (χ3n) is 5.32. The van der Waals surface area contributed by atoms with E-state index in [1.807, 2.05) is 44.2 Å². The van der Waals surface area contributed by atoms with Gasteiger partial charge in [-0.2, -0.15) is 0 Å². The highest BCUT2D eigenvalue weighted by Crippen LogP contribution is 2.35. The lowest BCUT2D eigenvalue weighted by atomic mass is 9.86. The number of hydrogen-bond acceptors (Lipinski definition) is 4. The van der Waals surface area contributed by atoms with Crippen LogP contribution < -0.4 is 5.56 Å². The summed E-state index contributed by atoms with van der Waals surface area (Å²) < 4.78 is 1.42. The van der Waals surface area contributed by atoms with Crippen LogP contribution in [0.3, 0.4) is 0 Å². The number of aryl methyl sites for hydroxylation is 2. The Kier molecular flexibility index (Phi) is 4.31. The van der Waals surface area contributed by atoms with Gasteiger partial charge in [0.15, 0.2) is 5.65 Å². The summed E-state index contributed by atoms with van der Waals surface area (Å²) in [6, 6.07) is 11.3. The van der Waals surface area contributed by atoms with Crippen molar-refractivity contribution in [3.63, 3.8) is 0 Å². The number of aromatic nitrogens is 3. The van der Waals surface area contributed by atoms with Crippen LogP contribution >= 0.6 is 0 Å². The largest absolute Gasteiger partial charge is 0.481 e. The van der Waals surface area contributed by atoms with Crippen LogP contribution in [0.15, 0.2) is 41.2 Å². The zero-order chi connectivity index (χ0) is 19.1. The van der Waals surface area contributed by atoms with Crippen LogP contribution in [0.25, 0.3) is 5.65 Å². The summed E-state index contributed by atoms with van der Waals surface area (Å²) in [4.78, 5) is 30.7. The number of nitrogens with one attached hydrogen (secondary N) is 1. The Bertz CT molecular complexity index is 1070. The van der Waals surface area contributed by atoms with Gasteiger partial charge in [0.1, 0.15) is 0 Å². The first-order valence-corrected chi connectivity index (χ1v) is 9.01. The Morgan fingerprint density at radius 1 is 1.26 bits per heavy atom. The first kappa shape index (κ1) is 17.5. The second-order valence-corrected chi connectivity index (χ2v) is 7.32. The molecular weight excluding hydrogens is 344 g/mol. The van der Waals surface area contributed by atoms with E-state index in [-0.39, 0.29) is 11.5 Å². The zero-order valence-corrected chi connectivity index (χ0v) is 15.3. The molecule has 2 aromatic heterocycles. The normalized spacial score (nSPS) is 20.4. The summed E-state index contributed by atoms with van der Waals surface area (Å²) in [6.45, 7) is 5.43. The minimum absolute atomic E-state index is 0.0666. The molecule has 1 aromatic carbocycles. The molecular formula is C20H22N4O3. The van der Waals surface area contributed by atoms with Gasteiger partial charge in [-0.25, -0.2) is 9.50 Å². The second-order valence-electron chi connectivity index (χ2n) is 7.32. The van der Waals surface area contributed by atoms with Gasteiger partial charge in [0.25, 0.3) is 5.56 Å². The SMILES string of the molecule is Cc1cc2nc(CN3C[C@@H](C(=O)O)[C@H](c4ccccc4C)C3)cc(=O)n2[nH]1. The number of carboxylic acid groups (broad SMARTS) is 1. The lowest BCUT2D eigenvalue weighted by Crippen LogP contribution is -2.25. The van der Waals surface area contributed by atoms with E-state index in [9.17, 15) is 14.7 Å². The molecule has 0 amide bonds. The van der Waals surface area contributed by atoms with Crippen molar-refractivity contribution in [3.05, 3.63) is 69.3 Å². The number of carboxylic acids is 1. The first-order chi connectivity index (χ1) is 12.9. The zero-order valence-electron chi connectivity index (χ0n) is 15.3. The van der Waals surface area contributed by atoms with E-state index in [2.05, 4.69) is 15.0 Å². The first-order valence-electron chi connectivity index (χ1n) is 9.01. The van der Waals surface area contributed by atoms with E-state index in [1.165, 1.54) is 10.6 Å². The number of H-pyrrole nitrogens is 1. The molecule has 0 unspecified atom stereocenters. The summed E-state index contributed by atoms with van der Waals surface area (Å²) in [5.41, 5.74) is 4.14. The number of nitrogens with zero attached hydrogens (tertiary/aromatic N) is 3. The van der Waals surface area contributed by atoms with Crippen LogP contribution in [0.2, 0.25) is 0 Å². The maximum atomic E-state index is 12.3. The number of fused-ring (bicyclic) bond motifs is 1. The molecule has 3 heterocycles. The number of aliphatic carboxylic acids is 1. The van der Waals surface area contributed by atoms with Crippen LogP contribution in [0, 0.1) is 19.8 Å². The molecule has 1 saturated heterocycles. The molecule has 27 heavy (non-hydrogen) atoms. The molecule has 7 heteroatoms. The third kappa shape index (κ3) is 3.26. The molecule has 2 atom stereocenters. The van der Waals surface area contributed by atoms with E-state index < -0.39 is 11.9 Å². The smallest absolute Gasteiger partial charge is 0.308 e.